The standard InChI is InChI=1S/C21H23N9O6S3/c1-9-3-13(30-12(23-9)4-28(8-31)27-30)37-5-10-6-38-19-15(18(33)29(19)16(10)20(34)35)25-17(32)14(26-36-2)11-7-39-21(22)24-11/h3-4,7,15,19,27,31H,5-6,8H2,1-2H3,(H2,22,24)(H,25,32)(H,34,35)/b26-14-/t15?,19-/m1/s1. The van der Waals surface area contributed by atoms with Crippen LogP contribution in [-0.4, -0.2) is 96.1 Å². The van der Waals surface area contributed by atoms with Crippen LogP contribution in [0.5, 0.6) is 0 Å². The lowest BCUT2D eigenvalue weighted by Crippen LogP contribution is -2.71. The molecule has 0 aliphatic carbocycles. The number of anilines is 1. The van der Waals surface area contributed by atoms with Gasteiger partial charge in [0.15, 0.2) is 16.7 Å². The van der Waals surface area contributed by atoms with Crippen molar-refractivity contribution in [3.63, 3.8) is 0 Å². The van der Waals surface area contributed by atoms with Gasteiger partial charge in [-0.3, -0.25) is 19.5 Å². The van der Waals surface area contributed by atoms with Crippen LogP contribution in [0.1, 0.15) is 12.6 Å². The van der Waals surface area contributed by atoms with Gasteiger partial charge in [0.2, 0.25) is 0 Å². The summed E-state index contributed by atoms with van der Waals surface area (Å²) in [6.07, 6.45) is 3.49. The van der Waals surface area contributed by atoms with E-state index in [1.807, 2.05) is 13.0 Å². The van der Waals surface area contributed by atoms with Crippen molar-refractivity contribution in [1.29, 1.82) is 0 Å². The molecule has 2 atom stereocenters. The van der Waals surface area contributed by atoms with Crippen LogP contribution in [0.4, 0.5) is 5.13 Å². The van der Waals surface area contributed by atoms with Crippen molar-refractivity contribution >= 4 is 69.2 Å². The van der Waals surface area contributed by atoms with Crippen LogP contribution in [0.15, 0.2) is 49.9 Å². The van der Waals surface area contributed by atoms with Crippen LogP contribution >= 0.6 is 34.9 Å². The fourth-order valence-electron chi connectivity index (χ4n) is 4.14. The summed E-state index contributed by atoms with van der Waals surface area (Å²) in [4.78, 5) is 52.7. The van der Waals surface area contributed by atoms with Gasteiger partial charge in [0.1, 0.15) is 36.6 Å². The highest BCUT2D eigenvalue weighted by Gasteiger charge is 2.54. The molecule has 15 nitrogen and oxygen atoms in total. The SMILES string of the molecule is CO/N=C(\C(=O)NC1C(=O)N2C(C(=O)O)=C(CSC3=CC(C)=NC4=CN(CO)NN43)CS[C@H]12)c1csc(N)n1. The van der Waals surface area contributed by atoms with Gasteiger partial charge in [-0.25, -0.2) is 19.8 Å². The van der Waals surface area contributed by atoms with E-state index in [0.717, 1.165) is 22.1 Å². The Labute approximate surface area is 234 Å². The largest absolute Gasteiger partial charge is 0.477 e. The van der Waals surface area contributed by atoms with E-state index >= 15 is 0 Å². The molecule has 4 aliphatic rings. The minimum absolute atomic E-state index is 0.0938. The number of allylic oxidation sites excluding steroid dienone is 1. The number of nitrogen functional groups attached to an aromatic ring is 1. The third-order valence-electron chi connectivity index (χ3n) is 5.82. The van der Waals surface area contributed by atoms with Crippen molar-refractivity contribution in [1.82, 2.24) is 30.8 Å². The number of thioether (sulfide) groups is 2. The van der Waals surface area contributed by atoms with Crippen molar-refractivity contribution in [3.05, 3.63) is 45.5 Å². The average Bonchev–Trinajstić information content (AvgIpc) is 3.53. The number of rotatable bonds is 9. The molecule has 4 aliphatic heterocycles. The van der Waals surface area contributed by atoms with Crippen molar-refractivity contribution in [3.8, 4) is 0 Å². The number of nitrogens with zero attached hydrogens (tertiary/aromatic N) is 6. The van der Waals surface area contributed by atoms with Gasteiger partial charge in [0, 0.05) is 22.6 Å². The highest BCUT2D eigenvalue weighted by atomic mass is 32.2. The maximum atomic E-state index is 13.1. The molecule has 2 amide bonds. The van der Waals surface area contributed by atoms with Crippen LogP contribution in [0.2, 0.25) is 0 Å². The van der Waals surface area contributed by atoms with Crippen molar-refractivity contribution < 1.29 is 29.4 Å². The zero-order valence-electron chi connectivity index (χ0n) is 20.5. The van der Waals surface area contributed by atoms with E-state index in [2.05, 4.69) is 26.0 Å². The highest BCUT2D eigenvalue weighted by molar-refractivity contribution is 8.03. The first kappa shape index (κ1) is 27.0. The number of carboxylic acids is 1. The Hall–Kier alpha value is -3.58. The minimum atomic E-state index is -1.23. The molecule has 39 heavy (non-hydrogen) atoms. The molecular weight excluding hydrogens is 570 g/mol. The number of aliphatic hydroxyl groups excluding tert-OH is 1. The zero-order valence-corrected chi connectivity index (χ0v) is 23.0. The Morgan fingerprint density at radius 2 is 2.23 bits per heavy atom. The third kappa shape index (κ3) is 5.08. The van der Waals surface area contributed by atoms with Crippen molar-refractivity contribution in [2.75, 3.05) is 31.1 Å². The van der Waals surface area contributed by atoms with Crippen LogP contribution in [0.3, 0.4) is 0 Å². The van der Waals surface area contributed by atoms with E-state index in [9.17, 15) is 24.6 Å². The molecule has 5 rings (SSSR count). The third-order valence-corrected chi connectivity index (χ3v) is 8.92. The fraction of sp³-hybridized carbons (Fsp3) is 0.333. The first-order chi connectivity index (χ1) is 18.7. The molecule has 18 heteroatoms. The molecule has 206 valence electrons. The monoisotopic (exact) mass is 593 g/mol. The Bertz CT molecular complexity index is 1390. The lowest BCUT2D eigenvalue weighted by atomic mass is 10.0. The van der Waals surface area contributed by atoms with Gasteiger partial charge in [-0.1, -0.05) is 5.16 Å². The summed E-state index contributed by atoms with van der Waals surface area (Å²) in [5.41, 5.74) is 9.91. The molecule has 1 aromatic heterocycles. The van der Waals surface area contributed by atoms with Gasteiger partial charge in [0.25, 0.3) is 11.8 Å². The Morgan fingerprint density at radius 1 is 1.44 bits per heavy atom. The van der Waals surface area contributed by atoms with Crippen LogP contribution < -0.4 is 16.6 Å². The fourth-order valence-corrected chi connectivity index (χ4v) is 7.24. The molecule has 1 unspecified atom stereocenters. The molecule has 0 saturated carbocycles. The summed E-state index contributed by atoms with van der Waals surface area (Å²) in [5.74, 6) is -1.23. The minimum Gasteiger partial charge on any atom is -0.477 e. The lowest BCUT2D eigenvalue weighted by molar-refractivity contribution is -0.150. The Morgan fingerprint density at radius 3 is 2.90 bits per heavy atom. The van der Waals surface area contributed by atoms with Crippen LogP contribution in [0.25, 0.3) is 0 Å². The number of aliphatic hydroxyl groups is 1. The van der Waals surface area contributed by atoms with Gasteiger partial charge in [-0.15, -0.1) is 40.4 Å². The van der Waals surface area contributed by atoms with E-state index in [1.165, 1.54) is 40.5 Å². The van der Waals surface area contributed by atoms with Crippen molar-refractivity contribution in [2.24, 2.45) is 10.1 Å². The summed E-state index contributed by atoms with van der Waals surface area (Å²) in [7, 11) is 1.27. The zero-order chi connectivity index (χ0) is 27.8. The second kappa shape index (κ2) is 10.9. The predicted molar refractivity (Wildman–Crippen MR) is 145 cm³/mol. The first-order valence-electron chi connectivity index (χ1n) is 11.3. The number of β-lactam (4-membered cyclic amide) rings is 1. The van der Waals surface area contributed by atoms with Gasteiger partial charge in [-0.05, 0) is 18.6 Å². The maximum Gasteiger partial charge on any atom is 0.352 e. The molecule has 1 fully saturated rings. The number of fused-ring (bicyclic) bond motifs is 2. The number of oxime groups is 1. The second-order valence-corrected chi connectivity index (χ2v) is 11.4. The van der Waals surface area contributed by atoms with Gasteiger partial charge < -0.3 is 26.1 Å². The van der Waals surface area contributed by atoms with E-state index in [4.69, 9.17) is 10.6 Å². The molecule has 0 radical (unpaired) electrons. The second-order valence-electron chi connectivity index (χ2n) is 8.37. The molecule has 5 heterocycles. The summed E-state index contributed by atoms with van der Waals surface area (Å²) < 4.78 is 0. The van der Waals surface area contributed by atoms with Gasteiger partial charge in [-0.2, -0.15) is 0 Å². The number of carbonyl (C=O) groups is 3. The number of aliphatic imine (C=N–C) groups is 1. The van der Waals surface area contributed by atoms with E-state index in [-0.39, 0.29) is 29.0 Å². The van der Waals surface area contributed by atoms with E-state index in [0.29, 0.717) is 22.9 Å². The van der Waals surface area contributed by atoms with Gasteiger partial charge >= 0.3 is 5.97 Å². The normalized spacial score (nSPS) is 22.5. The number of thiazole rings is 1. The maximum absolute atomic E-state index is 13.1. The molecule has 0 aromatic carbocycles. The number of carboxylic acid groups (broad SMARTS) is 1. The average molecular weight is 594 g/mol. The molecule has 6 N–H and O–H groups in total. The molecule has 0 spiro atoms. The Kier molecular flexibility index (Phi) is 7.54. The topological polar surface area (TPSA) is 198 Å². The van der Waals surface area contributed by atoms with Gasteiger partial charge in [0.05, 0.1) is 11.2 Å². The van der Waals surface area contributed by atoms with Crippen molar-refractivity contribution in [2.45, 2.75) is 18.3 Å². The number of aliphatic carboxylic acids is 1. The number of hydrazine groups is 2. The molecular formula is C21H23N9O6S3. The highest BCUT2D eigenvalue weighted by Crippen LogP contribution is 2.42. The molecule has 1 aromatic rings. The number of aromatic nitrogens is 1. The quantitative estimate of drug-likeness (QED) is 0.142. The first-order valence-corrected chi connectivity index (χ1v) is 14.2. The van der Waals surface area contributed by atoms with Crippen LogP contribution in [0, 0.1) is 0 Å². The number of carbonyl (C=O) groups excluding carboxylic acids is 2. The summed E-state index contributed by atoms with van der Waals surface area (Å²) in [6, 6.07) is -0.949. The van der Waals surface area contributed by atoms with Crippen LogP contribution in [-0.2, 0) is 19.2 Å². The number of hydrogen-bond acceptors (Lipinski definition) is 15. The number of amides is 2. The number of nitrogens with two attached hydrogens (primary N) is 1. The number of nitrogens with one attached hydrogen (secondary N) is 2. The predicted octanol–water partition coefficient (Wildman–Crippen LogP) is -0.351. The number of hydrogen-bond donors (Lipinski definition) is 5. The smallest absolute Gasteiger partial charge is 0.352 e. The summed E-state index contributed by atoms with van der Waals surface area (Å²) in [6.45, 7) is 1.58. The molecule has 0 bridgehead atoms. The molecule has 1 saturated heterocycles. The van der Waals surface area contributed by atoms with E-state index in [1.54, 1.807) is 16.6 Å². The summed E-state index contributed by atoms with van der Waals surface area (Å²) in [5, 5.41) is 30.9. The lowest BCUT2D eigenvalue weighted by Gasteiger charge is -2.49. The van der Waals surface area contributed by atoms with E-state index < -0.39 is 29.2 Å². The summed E-state index contributed by atoms with van der Waals surface area (Å²) >= 11 is 3.85. The Balaban J connectivity index is 1.30.